The summed E-state index contributed by atoms with van der Waals surface area (Å²) in [5.74, 6) is 2.82. The van der Waals surface area contributed by atoms with Gasteiger partial charge in [-0.2, -0.15) is 4.98 Å². The summed E-state index contributed by atoms with van der Waals surface area (Å²) in [6, 6.07) is 0.407. The number of nitrogens with one attached hydrogen (secondary N) is 1. The number of rotatable bonds is 5. The van der Waals surface area contributed by atoms with Gasteiger partial charge >= 0.3 is 0 Å². The molecule has 4 heteroatoms. The molecule has 2 rings (SSSR count). The Balaban J connectivity index is 1.96. The summed E-state index contributed by atoms with van der Waals surface area (Å²) in [5.41, 5.74) is 0. The van der Waals surface area contributed by atoms with E-state index in [0.29, 0.717) is 17.9 Å². The van der Waals surface area contributed by atoms with Crippen LogP contribution in [0.1, 0.15) is 63.6 Å². The molecule has 1 saturated carbocycles. The summed E-state index contributed by atoms with van der Waals surface area (Å²) >= 11 is 0. The highest BCUT2D eigenvalue weighted by molar-refractivity contribution is 4.98. The van der Waals surface area contributed by atoms with Gasteiger partial charge in [0.05, 0.1) is 0 Å². The average molecular weight is 251 g/mol. The third-order valence-electron chi connectivity index (χ3n) is 4.02. The fraction of sp³-hybridized carbons (Fsp3) is 0.857. The van der Waals surface area contributed by atoms with Crippen LogP contribution >= 0.6 is 0 Å². The first-order chi connectivity index (χ1) is 8.70. The lowest BCUT2D eigenvalue weighted by molar-refractivity contribution is 0.328. The highest BCUT2D eigenvalue weighted by Crippen LogP contribution is 2.30. The summed E-state index contributed by atoms with van der Waals surface area (Å²) < 4.78 is 5.40. The molecule has 0 aliphatic heterocycles. The maximum atomic E-state index is 5.40. The average Bonchev–Trinajstić information content (AvgIpc) is 2.85. The van der Waals surface area contributed by atoms with E-state index in [1.54, 1.807) is 0 Å². The van der Waals surface area contributed by atoms with Crippen LogP contribution in [0.5, 0.6) is 0 Å². The Hall–Kier alpha value is -0.900. The predicted octanol–water partition coefficient (Wildman–Crippen LogP) is 2.90. The van der Waals surface area contributed by atoms with Gasteiger partial charge in [0.25, 0.3) is 0 Å². The molecule has 0 spiro atoms. The highest BCUT2D eigenvalue weighted by atomic mass is 16.5. The molecule has 1 aromatic rings. The van der Waals surface area contributed by atoms with Crippen molar-refractivity contribution in [2.45, 2.75) is 64.3 Å². The lowest BCUT2D eigenvalue weighted by atomic mass is 9.89. The number of nitrogens with zero attached hydrogens (tertiary/aromatic N) is 2. The lowest BCUT2D eigenvalue weighted by Gasteiger charge is -2.18. The first kappa shape index (κ1) is 13.5. The van der Waals surface area contributed by atoms with Crippen molar-refractivity contribution in [3.63, 3.8) is 0 Å². The van der Waals surface area contributed by atoms with Crippen LogP contribution < -0.4 is 5.32 Å². The van der Waals surface area contributed by atoms with E-state index in [1.807, 2.05) is 7.05 Å². The molecular formula is C14H25N3O. The SMILES string of the molecule is CNC(Cc1nc(C2CCCCC2)no1)C(C)C. The summed E-state index contributed by atoms with van der Waals surface area (Å²) in [5, 5.41) is 7.48. The summed E-state index contributed by atoms with van der Waals surface area (Å²) in [6.07, 6.45) is 7.24. The monoisotopic (exact) mass is 251 g/mol. The zero-order valence-electron chi connectivity index (χ0n) is 11.8. The molecule has 0 saturated heterocycles. The Morgan fingerprint density at radius 3 is 2.61 bits per heavy atom. The number of hydrogen-bond donors (Lipinski definition) is 1. The number of aromatic nitrogens is 2. The first-order valence-corrected chi connectivity index (χ1v) is 7.20. The zero-order valence-corrected chi connectivity index (χ0v) is 11.8. The van der Waals surface area contributed by atoms with Gasteiger partial charge in [0.15, 0.2) is 5.82 Å². The summed E-state index contributed by atoms with van der Waals surface area (Å²) in [6.45, 7) is 4.42. The van der Waals surface area contributed by atoms with Gasteiger partial charge in [-0.15, -0.1) is 0 Å². The maximum absolute atomic E-state index is 5.40. The van der Waals surface area contributed by atoms with Crippen molar-refractivity contribution in [3.8, 4) is 0 Å². The second-order valence-corrected chi connectivity index (χ2v) is 5.72. The van der Waals surface area contributed by atoms with Crippen molar-refractivity contribution in [2.24, 2.45) is 5.92 Å². The third-order valence-corrected chi connectivity index (χ3v) is 4.02. The topological polar surface area (TPSA) is 51.0 Å². The molecule has 0 aromatic carbocycles. The molecule has 1 heterocycles. The van der Waals surface area contributed by atoms with Crippen LogP contribution in [-0.2, 0) is 6.42 Å². The number of hydrogen-bond acceptors (Lipinski definition) is 4. The van der Waals surface area contributed by atoms with E-state index >= 15 is 0 Å². The molecule has 1 unspecified atom stereocenters. The van der Waals surface area contributed by atoms with Gasteiger partial charge in [-0.1, -0.05) is 38.3 Å². The largest absolute Gasteiger partial charge is 0.339 e. The molecule has 4 nitrogen and oxygen atoms in total. The Labute approximate surface area is 110 Å². The maximum Gasteiger partial charge on any atom is 0.228 e. The van der Waals surface area contributed by atoms with E-state index in [9.17, 15) is 0 Å². The molecule has 18 heavy (non-hydrogen) atoms. The molecule has 1 atom stereocenters. The van der Waals surface area contributed by atoms with Gasteiger partial charge in [0.2, 0.25) is 5.89 Å². The highest BCUT2D eigenvalue weighted by Gasteiger charge is 2.22. The lowest BCUT2D eigenvalue weighted by Crippen LogP contribution is -2.32. The van der Waals surface area contributed by atoms with Crippen LogP contribution in [0.4, 0.5) is 0 Å². The van der Waals surface area contributed by atoms with Crippen LogP contribution in [0.25, 0.3) is 0 Å². The minimum atomic E-state index is 0.407. The molecule has 1 fully saturated rings. The van der Waals surface area contributed by atoms with E-state index in [2.05, 4.69) is 29.3 Å². The minimum Gasteiger partial charge on any atom is -0.339 e. The van der Waals surface area contributed by atoms with E-state index in [4.69, 9.17) is 4.52 Å². The molecule has 0 bridgehead atoms. The fourth-order valence-corrected chi connectivity index (χ4v) is 2.74. The van der Waals surface area contributed by atoms with Crippen molar-refractivity contribution >= 4 is 0 Å². The number of likely N-dealkylation sites (N-methyl/N-ethyl adjacent to an activating group) is 1. The Bertz CT molecular complexity index is 356. The van der Waals surface area contributed by atoms with E-state index in [0.717, 1.165) is 18.1 Å². The normalized spacial score (nSPS) is 19.3. The molecule has 102 valence electrons. The zero-order chi connectivity index (χ0) is 13.0. The Kier molecular flexibility index (Phi) is 4.75. The third kappa shape index (κ3) is 3.31. The predicted molar refractivity (Wildman–Crippen MR) is 71.5 cm³/mol. The fourth-order valence-electron chi connectivity index (χ4n) is 2.74. The van der Waals surface area contributed by atoms with Crippen LogP contribution in [0.2, 0.25) is 0 Å². The molecule has 1 N–H and O–H groups in total. The van der Waals surface area contributed by atoms with Crippen LogP contribution in [0.15, 0.2) is 4.52 Å². The van der Waals surface area contributed by atoms with E-state index in [-0.39, 0.29) is 0 Å². The van der Waals surface area contributed by atoms with Crippen molar-refractivity contribution in [2.75, 3.05) is 7.05 Å². The Morgan fingerprint density at radius 1 is 1.28 bits per heavy atom. The van der Waals surface area contributed by atoms with Crippen LogP contribution in [-0.4, -0.2) is 23.2 Å². The molecule has 1 aliphatic carbocycles. The van der Waals surface area contributed by atoms with Crippen molar-refractivity contribution in [1.29, 1.82) is 0 Å². The Morgan fingerprint density at radius 2 is 2.00 bits per heavy atom. The standard InChI is InChI=1S/C14H25N3O/c1-10(2)12(15-3)9-13-16-14(17-18-13)11-7-5-4-6-8-11/h10-12,15H,4-9H2,1-3H3. The van der Waals surface area contributed by atoms with Gasteiger partial charge in [0.1, 0.15) is 0 Å². The molecule has 1 aromatic heterocycles. The van der Waals surface area contributed by atoms with Crippen LogP contribution in [0.3, 0.4) is 0 Å². The quantitative estimate of drug-likeness (QED) is 0.874. The van der Waals surface area contributed by atoms with Gasteiger partial charge in [-0.25, -0.2) is 0 Å². The van der Waals surface area contributed by atoms with Gasteiger partial charge in [0, 0.05) is 18.4 Å². The van der Waals surface area contributed by atoms with Crippen molar-refractivity contribution in [1.82, 2.24) is 15.5 Å². The van der Waals surface area contributed by atoms with Gasteiger partial charge < -0.3 is 9.84 Å². The van der Waals surface area contributed by atoms with Crippen LogP contribution in [0, 0.1) is 5.92 Å². The molecule has 0 amide bonds. The minimum absolute atomic E-state index is 0.407. The van der Waals surface area contributed by atoms with Gasteiger partial charge in [-0.05, 0) is 25.8 Å². The molecule has 0 radical (unpaired) electrons. The summed E-state index contributed by atoms with van der Waals surface area (Å²) in [7, 11) is 1.99. The molecule has 1 aliphatic rings. The smallest absolute Gasteiger partial charge is 0.228 e. The first-order valence-electron chi connectivity index (χ1n) is 7.20. The van der Waals surface area contributed by atoms with E-state index in [1.165, 1.54) is 32.1 Å². The summed E-state index contributed by atoms with van der Waals surface area (Å²) in [4.78, 5) is 4.59. The van der Waals surface area contributed by atoms with E-state index < -0.39 is 0 Å². The molecular weight excluding hydrogens is 226 g/mol. The second-order valence-electron chi connectivity index (χ2n) is 5.72. The van der Waals surface area contributed by atoms with Gasteiger partial charge in [-0.3, -0.25) is 0 Å². The van der Waals surface area contributed by atoms with Crippen molar-refractivity contribution < 1.29 is 4.52 Å². The second kappa shape index (κ2) is 6.32. The van der Waals surface area contributed by atoms with Crippen molar-refractivity contribution in [3.05, 3.63) is 11.7 Å².